The number of aliphatic carboxylic acids is 1. The summed E-state index contributed by atoms with van der Waals surface area (Å²) in [6.45, 7) is 0. The number of nitrogens with two attached hydrogens (primary N) is 3. The van der Waals surface area contributed by atoms with Gasteiger partial charge in [0.05, 0.1) is 12.5 Å². The second-order valence-corrected chi connectivity index (χ2v) is 9.44. The predicted molar refractivity (Wildman–Crippen MR) is 138 cm³/mol. The highest BCUT2D eigenvalue weighted by molar-refractivity contribution is 7.98. The summed E-state index contributed by atoms with van der Waals surface area (Å²) >= 11 is 1.41. The molecule has 0 bridgehead atoms. The number of benzene rings is 1. The Balaban J connectivity index is 2.99. The molecule has 14 nitrogen and oxygen atoms in total. The molecule has 1 aromatic rings. The smallest absolute Gasteiger partial charge is 0.326 e. The zero-order chi connectivity index (χ0) is 28.8. The molecule has 38 heavy (non-hydrogen) atoms. The molecule has 0 saturated heterocycles. The molecule has 4 atom stereocenters. The molecule has 1 rings (SSSR count). The fraction of sp³-hybridized carbons (Fsp3) is 0.478. The summed E-state index contributed by atoms with van der Waals surface area (Å²) in [4.78, 5) is 72.4. The van der Waals surface area contributed by atoms with Gasteiger partial charge in [-0.15, -0.1) is 0 Å². The zero-order valence-corrected chi connectivity index (χ0v) is 21.7. The van der Waals surface area contributed by atoms with E-state index in [1.807, 2.05) is 0 Å². The van der Waals surface area contributed by atoms with Crippen LogP contribution in [0.2, 0.25) is 0 Å². The molecule has 0 aliphatic rings. The predicted octanol–water partition coefficient (Wildman–Crippen LogP) is -2.30. The Morgan fingerprint density at radius 1 is 0.842 bits per heavy atom. The van der Waals surface area contributed by atoms with Crippen molar-refractivity contribution < 1.29 is 39.0 Å². The minimum absolute atomic E-state index is 0.0554. The van der Waals surface area contributed by atoms with Gasteiger partial charge in [0.25, 0.3) is 0 Å². The number of carbonyl (C=O) groups is 6. The molecule has 0 heterocycles. The number of carboxylic acid groups (broad SMARTS) is 1. The maximum Gasteiger partial charge on any atom is 0.326 e. The van der Waals surface area contributed by atoms with E-state index in [4.69, 9.17) is 17.2 Å². The Morgan fingerprint density at radius 2 is 1.37 bits per heavy atom. The summed E-state index contributed by atoms with van der Waals surface area (Å²) in [5, 5.41) is 25.7. The van der Waals surface area contributed by atoms with Crippen molar-refractivity contribution in [1.29, 1.82) is 0 Å². The molecule has 0 saturated carbocycles. The van der Waals surface area contributed by atoms with E-state index in [0.29, 0.717) is 11.3 Å². The van der Waals surface area contributed by atoms with Crippen molar-refractivity contribution in [2.75, 3.05) is 12.0 Å². The average molecular weight is 555 g/mol. The second-order valence-electron chi connectivity index (χ2n) is 8.46. The molecule has 210 valence electrons. The fourth-order valence-corrected chi connectivity index (χ4v) is 3.73. The number of phenolic OH excluding ortho intramolecular Hbond substituents is 1. The number of nitrogens with one attached hydrogen (secondary N) is 3. The van der Waals surface area contributed by atoms with Gasteiger partial charge in [-0.1, -0.05) is 12.1 Å². The van der Waals surface area contributed by atoms with Gasteiger partial charge in [0.15, 0.2) is 0 Å². The first-order chi connectivity index (χ1) is 17.8. The van der Waals surface area contributed by atoms with Crippen LogP contribution < -0.4 is 33.2 Å². The van der Waals surface area contributed by atoms with E-state index in [-0.39, 0.29) is 31.4 Å². The number of amides is 5. The highest BCUT2D eigenvalue weighted by Crippen LogP contribution is 2.11. The highest BCUT2D eigenvalue weighted by Gasteiger charge is 2.31. The maximum atomic E-state index is 13.1. The molecule has 1 aromatic carbocycles. The molecule has 11 N–H and O–H groups in total. The Morgan fingerprint density at radius 3 is 1.87 bits per heavy atom. The topological polar surface area (TPSA) is 257 Å². The SMILES string of the molecule is CSCCC(NC(=O)C(N)Cc1ccc(O)cc1)C(=O)NC(CCC(N)=O)C(=O)NC(CC(N)=O)C(=O)O. The van der Waals surface area contributed by atoms with Crippen LogP contribution in [0.3, 0.4) is 0 Å². The Bertz CT molecular complexity index is 1010. The first kappa shape index (κ1) is 32.2. The Hall–Kier alpha value is -3.85. The lowest BCUT2D eigenvalue weighted by atomic mass is 10.0. The van der Waals surface area contributed by atoms with Gasteiger partial charge in [-0.2, -0.15) is 11.8 Å². The van der Waals surface area contributed by atoms with Gasteiger partial charge in [-0.05, 0) is 49.0 Å². The fourth-order valence-electron chi connectivity index (χ4n) is 3.26. The van der Waals surface area contributed by atoms with Gasteiger partial charge < -0.3 is 43.4 Å². The Kier molecular flexibility index (Phi) is 13.6. The van der Waals surface area contributed by atoms with E-state index in [1.54, 1.807) is 18.4 Å². The summed E-state index contributed by atoms with van der Waals surface area (Å²) in [7, 11) is 0. The van der Waals surface area contributed by atoms with Gasteiger partial charge in [0.1, 0.15) is 23.9 Å². The zero-order valence-electron chi connectivity index (χ0n) is 20.8. The number of rotatable bonds is 17. The quantitative estimate of drug-likeness (QED) is 0.102. The van der Waals surface area contributed by atoms with Gasteiger partial charge in [0.2, 0.25) is 29.5 Å². The van der Waals surface area contributed by atoms with Gasteiger partial charge in [-0.25, -0.2) is 4.79 Å². The van der Waals surface area contributed by atoms with Gasteiger partial charge in [-0.3, -0.25) is 24.0 Å². The molecular formula is C23H34N6O8S. The van der Waals surface area contributed by atoms with Crippen LogP contribution in [-0.2, 0) is 35.2 Å². The molecule has 0 spiro atoms. The summed E-state index contributed by atoms with van der Waals surface area (Å²) in [5.74, 6) is -5.13. The summed E-state index contributed by atoms with van der Waals surface area (Å²) in [5.41, 5.74) is 16.9. The number of hydrogen-bond acceptors (Lipinski definition) is 9. The first-order valence-corrected chi connectivity index (χ1v) is 13.0. The third-order valence-corrected chi connectivity index (χ3v) is 5.95. The van der Waals surface area contributed by atoms with E-state index in [0.717, 1.165) is 0 Å². The number of hydrogen-bond donors (Lipinski definition) is 8. The second kappa shape index (κ2) is 16.1. The first-order valence-electron chi connectivity index (χ1n) is 11.6. The number of carbonyl (C=O) groups excluding carboxylic acids is 5. The highest BCUT2D eigenvalue weighted by atomic mass is 32.2. The summed E-state index contributed by atoms with van der Waals surface area (Å²) in [6.07, 6.45) is 0.825. The van der Waals surface area contributed by atoms with Crippen molar-refractivity contribution >= 4 is 47.3 Å². The normalized spacial score (nSPS) is 13.8. The van der Waals surface area contributed by atoms with E-state index in [1.165, 1.54) is 23.9 Å². The van der Waals surface area contributed by atoms with Crippen molar-refractivity contribution in [3.63, 3.8) is 0 Å². The van der Waals surface area contributed by atoms with Crippen LogP contribution in [0, 0.1) is 0 Å². The number of thioether (sulfide) groups is 1. The minimum Gasteiger partial charge on any atom is -0.508 e. The lowest BCUT2D eigenvalue weighted by Crippen LogP contribution is -2.57. The van der Waals surface area contributed by atoms with Crippen molar-refractivity contribution in [2.45, 2.75) is 56.3 Å². The Labute approximate surface area is 223 Å². The monoisotopic (exact) mass is 554 g/mol. The van der Waals surface area contributed by atoms with Crippen LogP contribution in [0.4, 0.5) is 0 Å². The largest absolute Gasteiger partial charge is 0.508 e. The summed E-state index contributed by atoms with van der Waals surface area (Å²) in [6, 6.07) is 0.917. The lowest BCUT2D eigenvalue weighted by Gasteiger charge is -2.25. The van der Waals surface area contributed by atoms with E-state index >= 15 is 0 Å². The summed E-state index contributed by atoms with van der Waals surface area (Å²) < 4.78 is 0. The van der Waals surface area contributed by atoms with Crippen LogP contribution in [0.25, 0.3) is 0 Å². The molecule has 4 unspecified atom stereocenters. The van der Waals surface area contributed by atoms with Crippen molar-refractivity contribution in [2.24, 2.45) is 17.2 Å². The van der Waals surface area contributed by atoms with E-state index < -0.39 is 66.1 Å². The molecule has 0 fully saturated rings. The van der Waals surface area contributed by atoms with Gasteiger partial charge >= 0.3 is 5.97 Å². The average Bonchev–Trinajstić information content (AvgIpc) is 2.84. The molecule has 0 aromatic heterocycles. The number of carboxylic acids is 1. The maximum absolute atomic E-state index is 13.1. The van der Waals surface area contributed by atoms with Crippen molar-refractivity contribution in [3.05, 3.63) is 29.8 Å². The molecule has 0 aliphatic carbocycles. The van der Waals surface area contributed by atoms with E-state index in [9.17, 15) is 39.0 Å². The molecule has 15 heteroatoms. The lowest BCUT2D eigenvalue weighted by molar-refractivity contribution is -0.144. The standard InChI is InChI=1S/C23H34N6O8S/c1-38-9-8-16(27-20(33)14(24)10-12-2-4-13(30)5-3-12)22(35)28-15(6-7-18(25)31)21(34)29-17(23(36)37)11-19(26)32/h2-5,14-17,30H,6-11,24H2,1H3,(H2,25,31)(H2,26,32)(H,27,33)(H,28,35)(H,29,34)(H,36,37). The third-order valence-electron chi connectivity index (χ3n) is 5.30. The van der Waals surface area contributed by atoms with E-state index in [2.05, 4.69) is 16.0 Å². The van der Waals surface area contributed by atoms with Crippen molar-refractivity contribution in [1.82, 2.24) is 16.0 Å². The number of primary amides is 2. The molecule has 0 radical (unpaired) electrons. The number of phenols is 1. The van der Waals surface area contributed by atoms with Crippen LogP contribution in [0.1, 0.15) is 31.2 Å². The minimum atomic E-state index is -1.65. The number of aromatic hydroxyl groups is 1. The molecule has 5 amide bonds. The van der Waals surface area contributed by atoms with Crippen molar-refractivity contribution in [3.8, 4) is 5.75 Å². The van der Waals surface area contributed by atoms with Crippen LogP contribution >= 0.6 is 11.8 Å². The molecule has 0 aliphatic heterocycles. The van der Waals surface area contributed by atoms with Crippen LogP contribution in [0.5, 0.6) is 5.75 Å². The van der Waals surface area contributed by atoms with Crippen LogP contribution in [-0.4, -0.2) is 81.9 Å². The molecular weight excluding hydrogens is 520 g/mol. The van der Waals surface area contributed by atoms with Crippen LogP contribution in [0.15, 0.2) is 24.3 Å². The third kappa shape index (κ3) is 11.9. The van der Waals surface area contributed by atoms with Gasteiger partial charge in [0, 0.05) is 6.42 Å².